The van der Waals surface area contributed by atoms with Crippen molar-refractivity contribution >= 4 is 5.91 Å². The molecular weight excluding hydrogens is 214 g/mol. The lowest BCUT2D eigenvalue weighted by Gasteiger charge is -1.98. The topological polar surface area (TPSA) is 95.1 Å². The van der Waals surface area contributed by atoms with Crippen molar-refractivity contribution in [2.75, 3.05) is 7.11 Å². The van der Waals surface area contributed by atoms with Crippen molar-refractivity contribution < 1.29 is 14.0 Å². The summed E-state index contributed by atoms with van der Waals surface area (Å²) in [4.78, 5) is 16.7. The number of furan rings is 1. The van der Waals surface area contributed by atoms with Crippen molar-refractivity contribution in [1.82, 2.24) is 25.7 Å². The second-order valence-corrected chi connectivity index (χ2v) is 2.85. The average molecular weight is 223 g/mol. The van der Waals surface area contributed by atoms with E-state index in [1.807, 2.05) is 0 Å². The van der Waals surface area contributed by atoms with E-state index in [1.165, 1.54) is 13.4 Å². The van der Waals surface area contributed by atoms with Crippen LogP contribution in [0.25, 0.3) is 11.6 Å². The Morgan fingerprint density at radius 3 is 3.25 bits per heavy atom. The Hall–Kier alpha value is -2.22. The number of nitrogens with one attached hydrogen (secondary N) is 1. The van der Waals surface area contributed by atoms with Gasteiger partial charge in [-0.2, -0.15) is 4.80 Å². The van der Waals surface area contributed by atoms with Crippen molar-refractivity contribution in [1.29, 1.82) is 0 Å². The maximum atomic E-state index is 11.1. The van der Waals surface area contributed by atoms with Gasteiger partial charge in [-0.3, -0.25) is 9.63 Å². The Morgan fingerprint density at radius 1 is 1.69 bits per heavy atom. The third-order valence-corrected chi connectivity index (χ3v) is 1.70. The van der Waals surface area contributed by atoms with E-state index in [0.717, 1.165) is 4.80 Å². The van der Waals surface area contributed by atoms with Crippen LogP contribution < -0.4 is 5.48 Å². The highest BCUT2D eigenvalue weighted by Crippen LogP contribution is 2.12. The molecule has 0 aromatic carbocycles. The number of hydrogen-bond donors (Lipinski definition) is 1. The van der Waals surface area contributed by atoms with Gasteiger partial charge in [-0.15, -0.1) is 10.2 Å². The van der Waals surface area contributed by atoms with Crippen LogP contribution in [0.2, 0.25) is 0 Å². The molecule has 0 unspecified atom stereocenters. The minimum absolute atomic E-state index is 0.0679. The number of tetrazole rings is 1. The van der Waals surface area contributed by atoms with Crippen LogP contribution in [0, 0.1) is 0 Å². The molecule has 2 heterocycles. The Balaban J connectivity index is 2.06. The van der Waals surface area contributed by atoms with E-state index in [-0.39, 0.29) is 12.5 Å². The molecule has 0 atom stereocenters. The summed E-state index contributed by atoms with van der Waals surface area (Å²) < 4.78 is 5.08. The Morgan fingerprint density at radius 2 is 2.56 bits per heavy atom. The molecule has 8 heteroatoms. The van der Waals surface area contributed by atoms with Gasteiger partial charge in [-0.1, -0.05) is 0 Å². The fourth-order valence-corrected chi connectivity index (χ4v) is 1.09. The molecule has 0 aliphatic carbocycles. The minimum Gasteiger partial charge on any atom is -0.461 e. The molecule has 2 aromatic heterocycles. The van der Waals surface area contributed by atoms with Gasteiger partial charge in [0.05, 0.1) is 13.4 Å². The zero-order valence-corrected chi connectivity index (χ0v) is 8.45. The predicted octanol–water partition coefficient (Wildman–Crippen LogP) is -0.389. The Kier molecular flexibility index (Phi) is 2.92. The molecule has 0 saturated carbocycles. The third kappa shape index (κ3) is 2.23. The van der Waals surface area contributed by atoms with Gasteiger partial charge in [0.2, 0.25) is 5.82 Å². The summed E-state index contributed by atoms with van der Waals surface area (Å²) in [5.41, 5.74) is 2.15. The largest absolute Gasteiger partial charge is 0.461 e. The van der Waals surface area contributed by atoms with E-state index < -0.39 is 0 Å². The zero-order valence-electron chi connectivity index (χ0n) is 8.45. The maximum absolute atomic E-state index is 11.1. The summed E-state index contributed by atoms with van der Waals surface area (Å²) in [5.74, 6) is 0.458. The monoisotopic (exact) mass is 223 g/mol. The van der Waals surface area contributed by atoms with Gasteiger partial charge in [-0.05, 0) is 17.3 Å². The quantitative estimate of drug-likeness (QED) is 0.709. The van der Waals surface area contributed by atoms with E-state index in [9.17, 15) is 4.79 Å². The van der Waals surface area contributed by atoms with E-state index in [4.69, 9.17) is 4.42 Å². The van der Waals surface area contributed by atoms with Crippen molar-refractivity contribution in [3.8, 4) is 11.6 Å². The number of carbonyl (C=O) groups excluding carboxylic acids is 1. The van der Waals surface area contributed by atoms with Crippen LogP contribution in [0.4, 0.5) is 0 Å². The summed E-state index contributed by atoms with van der Waals surface area (Å²) in [6, 6.07) is 3.42. The predicted molar refractivity (Wildman–Crippen MR) is 50.7 cm³/mol. The van der Waals surface area contributed by atoms with Gasteiger partial charge in [0.15, 0.2) is 5.76 Å². The first kappa shape index (κ1) is 10.3. The van der Waals surface area contributed by atoms with Gasteiger partial charge >= 0.3 is 0 Å². The second kappa shape index (κ2) is 4.53. The van der Waals surface area contributed by atoms with Crippen LogP contribution >= 0.6 is 0 Å². The third-order valence-electron chi connectivity index (χ3n) is 1.70. The summed E-state index contributed by atoms with van der Waals surface area (Å²) in [6.45, 7) is -0.0679. The normalized spacial score (nSPS) is 10.3. The molecule has 0 saturated heterocycles. The molecular formula is C8H9N5O3. The highest BCUT2D eigenvalue weighted by Gasteiger charge is 2.10. The van der Waals surface area contributed by atoms with Crippen LogP contribution in [-0.2, 0) is 16.2 Å². The van der Waals surface area contributed by atoms with Gasteiger partial charge in [-0.25, -0.2) is 5.48 Å². The Bertz CT molecular complexity index is 464. The molecule has 0 fully saturated rings. The summed E-state index contributed by atoms with van der Waals surface area (Å²) in [6.07, 6.45) is 1.51. The fraction of sp³-hybridized carbons (Fsp3) is 0.250. The van der Waals surface area contributed by atoms with Crippen LogP contribution in [-0.4, -0.2) is 33.2 Å². The van der Waals surface area contributed by atoms with Gasteiger partial charge in [0.1, 0.15) is 6.54 Å². The molecule has 1 N–H and O–H groups in total. The van der Waals surface area contributed by atoms with Gasteiger partial charge in [0.25, 0.3) is 5.91 Å². The number of aromatic nitrogens is 4. The lowest BCUT2D eigenvalue weighted by Crippen LogP contribution is -2.27. The zero-order chi connectivity index (χ0) is 11.4. The second-order valence-electron chi connectivity index (χ2n) is 2.85. The highest BCUT2D eigenvalue weighted by atomic mass is 16.6. The van der Waals surface area contributed by atoms with Crippen molar-refractivity contribution in [3.05, 3.63) is 18.4 Å². The summed E-state index contributed by atoms with van der Waals surface area (Å²) in [5, 5.41) is 11.4. The van der Waals surface area contributed by atoms with Gasteiger partial charge in [0, 0.05) is 0 Å². The van der Waals surface area contributed by atoms with Crippen LogP contribution in [0.5, 0.6) is 0 Å². The summed E-state index contributed by atoms with van der Waals surface area (Å²) >= 11 is 0. The van der Waals surface area contributed by atoms with Crippen LogP contribution in [0.1, 0.15) is 0 Å². The molecule has 8 nitrogen and oxygen atoms in total. The van der Waals surface area contributed by atoms with E-state index in [1.54, 1.807) is 12.1 Å². The molecule has 0 radical (unpaired) electrons. The van der Waals surface area contributed by atoms with E-state index in [0.29, 0.717) is 11.6 Å². The molecule has 1 amide bonds. The number of nitrogens with zero attached hydrogens (tertiary/aromatic N) is 4. The standard InChI is InChI=1S/C8H9N5O3/c1-15-11-7(14)5-13-10-8(9-12-13)6-3-2-4-16-6/h2-4H,5H2,1H3,(H,11,14). The molecule has 0 aliphatic rings. The summed E-state index contributed by atoms with van der Waals surface area (Å²) in [7, 11) is 1.35. The number of carbonyl (C=O) groups is 1. The molecule has 0 bridgehead atoms. The molecule has 0 spiro atoms. The Labute approximate surface area is 90.1 Å². The molecule has 2 aromatic rings. The highest BCUT2D eigenvalue weighted by molar-refractivity contribution is 5.74. The average Bonchev–Trinajstić information content (AvgIpc) is 2.86. The SMILES string of the molecule is CONC(=O)Cn1nnc(-c2ccco2)n1. The van der Waals surface area contributed by atoms with Crippen molar-refractivity contribution in [2.45, 2.75) is 6.54 Å². The number of hydroxylamine groups is 1. The lowest BCUT2D eigenvalue weighted by molar-refractivity contribution is -0.132. The smallest absolute Gasteiger partial charge is 0.267 e. The molecule has 0 aliphatic heterocycles. The van der Waals surface area contributed by atoms with Crippen LogP contribution in [0.15, 0.2) is 22.8 Å². The van der Waals surface area contributed by atoms with Crippen LogP contribution in [0.3, 0.4) is 0 Å². The first-order chi connectivity index (χ1) is 7.79. The fourth-order valence-electron chi connectivity index (χ4n) is 1.09. The first-order valence-corrected chi connectivity index (χ1v) is 4.43. The molecule has 2 rings (SSSR count). The minimum atomic E-state index is -0.370. The molecule has 16 heavy (non-hydrogen) atoms. The van der Waals surface area contributed by atoms with Gasteiger partial charge < -0.3 is 4.42 Å². The van der Waals surface area contributed by atoms with Crippen molar-refractivity contribution in [2.24, 2.45) is 0 Å². The number of amides is 1. The molecule has 84 valence electrons. The van der Waals surface area contributed by atoms with E-state index in [2.05, 4.69) is 25.7 Å². The number of rotatable bonds is 4. The number of hydrogen-bond acceptors (Lipinski definition) is 6. The van der Waals surface area contributed by atoms with Crippen molar-refractivity contribution in [3.63, 3.8) is 0 Å². The maximum Gasteiger partial charge on any atom is 0.267 e. The first-order valence-electron chi connectivity index (χ1n) is 4.43. The lowest BCUT2D eigenvalue weighted by atomic mass is 10.4. The van der Waals surface area contributed by atoms with E-state index >= 15 is 0 Å².